The van der Waals surface area contributed by atoms with E-state index in [4.69, 9.17) is 0 Å². The molecule has 1 aromatic carbocycles. The standard InChI is InChI=1S/C22H25N3O2S/c1-3-11-25-14-23-20-19(22(25)27)17-10-12-24(13-18(17)28-20)21(26)16(4-2)15-8-6-5-7-9-15/h5-9,14,16H,3-4,10-13H2,1-2H3/t16-/m1/s1. The minimum atomic E-state index is -0.114. The van der Waals surface area contributed by atoms with E-state index in [2.05, 4.69) is 18.8 Å². The van der Waals surface area contributed by atoms with Gasteiger partial charge in [0.2, 0.25) is 5.91 Å². The van der Waals surface area contributed by atoms with Crippen LogP contribution in [-0.4, -0.2) is 26.9 Å². The van der Waals surface area contributed by atoms with Crippen LogP contribution in [0.2, 0.25) is 0 Å². The van der Waals surface area contributed by atoms with Gasteiger partial charge in [-0.1, -0.05) is 44.2 Å². The molecule has 0 saturated heterocycles. The van der Waals surface area contributed by atoms with Gasteiger partial charge in [-0.05, 0) is 30.4 Å². The summed E-state index contributed by atoms with van der Waals surface area (Å²) in [6.45, 7) is 6.03. The van der Waals surface area contributed by atoms with Gasteiger partial charge < -0.3 is 4.90 Å². The van der Waals surface area contributed by atoms with Crippen molar-refractivity contribution >= 4 is 27.5 Å². The number of hydrogen-bond donors (Lipinski definition) is 0. The maximum Gasteiger partial charge on any atom is 0.262 e. The molecule has 5 nitrogen and oxygen atoms in total. The monoisotopic (exact) mass is 395 g/mol. The molecule has 0 unspecified atom stereocenters. The van der Waals surface area contributed by atoms with E-state index in [1.54, 1.807) is 22.2 Å². The zero-order valence-electron chi connectivity index (χ0n) is 16.4. The third-order valence-corrected chi connectivity index (χ3v) is 6.64. The van der Waals surface area contributed by atoms with E-state index in [1.807, 2.05) is 35.2 Å². The van der Waals surface area contributed by atoms with Crippen molar-refractivity contribution in [1.29, 1.82) is 0 Å². The maximum atomic E-state index is 13.2. The van der Waals surface area contributed by atoms with Gasteiger partial charge in [-0.2, -0.15) is 0 Å². The first kappa shape index (κ1) is 18.9. The normalized spacial score (nSPS) is 14.9. The van der Waals surface area contributed by atoms with E-state index >= 15 is 0 Å². The molecule has 3 heterocycles. The maximum absolute atomic E-state index is 13.2. The first-order chi connectivity index (χ1) is 13.6. The van der Waals surface area contributed by atoms with Crippen LogP contribution in [0.25, 0.3) is 10.2 Å². The summed E-state index contributed by atoms with van der Waals surface area (Å²) in [6.07, 6.45) is 4.06. The Kier molecular flexibility index (Phi) is 5.31. The lowest BCUT2D eigenvalue weighted by molar-refractivity contribution is -0.133. The first-order valence-corrected chi connectivity index (χ1v) is 10.8. The van der Waals surface area contributed by atoms with Crippen molar-refractivity contribution in [1.82, 2.24) is 14.5 Å². The Bertz CT molecular complexity index is 1050. The highest BCUT2D eigenvalue weighted by molar-refractivity contribution is 7.18. The second kappa shape index (κ2) is 7.87. The number of benzene rings is 1. The number of hydrogen-bond acceptors (Lipinski definition) is 4. The molecule has 146 valence electrons. The molecule has 4 rings (SSSR count). The summed E-state index contributed by atoms with van der Waals surface area (Å²) in [4.78, 5) is 34.4. The molecule has 0 fully saturated rings. The van der Waals surface area contributed by atoms with E-state index in [0.717, 1.165) is 45.5 Å². The zero-order chi connectivity index (χ0) is 19.7. The van der Waals surface area contributed by atoms with Gasteiger partial charge in [0.1, 0.15) is 4.83 Å². The predicted octanol–water partition coefficient (Wildman–Crippen LogP) is 3.95. The van der Waals surface area contributed by atoms with Gasteiger partial charge in [0, 0.05) is 18.0 Å². The van der Waals surface area contributed by atoms with Crippen LogP contribution in [0, 0.1) is 0 Å². The van der Waals surface area contributed by atoms with E-state index in [1.165, 1.54) is 0 Å². The Hall–Kier alpha value is -2.47. The fraction of sp³-hybridized carbons (Fsp3) is 0.409. The molecular weight excluding hydrogens is 370 g/mol. The lowest BCUT2D eigenvalue weighted by Gasteiger charge is -2.30. The van der Waals surface area contributed by atoms with Gasteiger partial charge >= 0.3 is 0 Å². The summed E-state index contributed by atoms with van der Waals surface area (Å²) in [5.74, 6) is 0.0604. The van der Waals surface area contributed by atoms with Gasteiger partial charge in [0.25, 0.3) is 5.56 Å². The second-order valence-electron chi connectivity index (χ2n) is 7.31. The van der Waals surface area contributed by atoms with Crippen LogP contribution in [0.4, 0.5) is 0 Å². The van der Waals surface area contributed by atoms with Gasteiger partial charge in [-0.3, -0.25) is 14.2 Å². The molecule has 0 N–H and O–H groups in total. The molecule has 0 spiro atoms. The molecule has 0 bridgehead atoms. The summed E-state index contributed by atoms with van der Waals surface area (Å²) < 4.78 is 1.70. The summed E-state index contributed by atoms with van der Waals surface area (Å²) >= 11 is 1.56. The van der Waals surface area contributed by atoms with Gasteiger partial charge in [-0.25, -0.2) is 4.98 Å². The molecule has 2 aromatic heterocycles. The molecule has 3 aromatic rings. The smallest absolute Gasteiger partial charge is 0.262 e. The third-order valence-electron chi connectivity index (χ3n) is 5.51. The van der Waals surface area contributed by atoms with Crippen molar-refractivity contribution in [3.63, 3.8) is 0 Å². The number of aryl methyl sites for hydroxylation is 1. The molecule has 1 aliphatic rings. The number of thiophene rings is 1. The van der Waals surface area contributed by atoms with Gasteiger partial charge in [0.15, 0.2) is 0 Å². The molecule has 1 atom stereocenters. The molecule has 0 radical (unpaired) electrons. The molecule has 0 saturated carbocycles. The van der Waals surface area contributed by atoms with Crippen molar-refractivity contribution in [2.75, 3.05) is 6.54 Å². The lowest BCUT2D eigenvalue weighted by atomic mass is 9.94. The highest BCUT2D eigenvalue weighted by Crippen LogP contribution is 2.34. The Morgan fingerprint density at radius 3 is 2.75 bits per heavy atom. The van der Waals surface area contributed by atoms with Crippen LogP contribution in [0.1, 0.15) is 48.6 Å². The van der Waals surface area contributed by atoms with Crippen LogP contribution in [0.15, 0.2) is 41.5 Å². The number of fused-ring (bicyclic) bond motifs is 3. The highest BCUT2D eigenvalue weighted by Gasteiger charge is 2.30. The second-order valence-corrected chi connectivity index (χ2v) is 8.39. The number of amides is 1. The first-order valence-electron chi connectivity index (χ1n) is 9.97. The molecule has 6 heteroatoms. The molecule has 1 amide bonds. The van der Waals surface area contributed by atoms with Gasteiger partial charge in [-0.15, -0.1) is 11.3 Å². The van der Waals surface area contributed by atoms with Crippen molar-refractivity contribution in [2.45, 2.75) is 52.1 Å². The lowest BCUT2D eigenvalue weighted by Crippen LogP contribution is -2.38. The average Bonchev–Trinajstić information content (AvgIpc) is 3.10. The Morgan fingerprint density at radius 1 is 1.25 bits per heavy atom. The molecule has 1 aliphatic heterocycles. The minimum absolute atomic E-state index is 0.0554. The fourth-order valence-corrected chi connectivity index (χ4v) is 5.26. The molecular formula is C22H25N3O2S. The topological polar surface area (TPSA) is 55.2 Å². The van der Waals surface area contributed by atoms with Crippen molar-refractivity contribution < 1.29 is 4.79 Å². The Labute approximate surface area is 168 Å². The Morgan fingerprint density at radius 2 is 2.04 bits per heavy atom. The van der Waals surface area contributed by atoms with Crippen LogP contribution in [-0.2, 0) is 24.3 Å². The summed E-state index contributed by atoms with van der Waals surface area (Å²) in [5, 5.41) is 0.762. The third kappa shape index (κ3) is 3.26. The molecule has 0 aliphatic carbocycles. The van der Waals surface area contributed by atoms with Crippen molar-refractivity contribution in [3.8, 4) is 0 Å². The number of rotatable bonds is 5. The van der Waals surface area contributed by atoms with Crippen LogP contribution < -0.4 is 5.56 Å². The van der Waals surface area contributed by atoms with E-state index < -0.39 is 0 Å². The van der Waals surface area contributed by atoms with Crippen LogP contribution in [0.3, 0.4) is 0 Å². The number of carbonyl (C=O) groups excluding carboxylic acids is 1. The van der Waals surface area contributed by atoms with E-state index in [0.29, 0.717) is 19.6 Å². The van der Waals surface area contributed by atoms with E-state index in [9.17, 15) is 9.59 Å². The number of nitrogens with zero attached hydrogens (tertiary/aromatic N) is 3. The van der Waals surface area contributed by atoms with Gasteiger partial charge in [0.05, 0.1) is 24.2 Å². The van der Waals surface area contributed by atoms with Crippen LogP contribution in [0.5, 0.6) is 0 Å². The van der Waals surface area contributed by atoms with Crippen molar-refractivity contribution in [3.05, 3.63) is 63.0 Å². The Balaban J connectivity index is 1.64. The summed E-state index contributed by atoms with van der Waals surface area (Å²) in [7, 11) is 0. The van der Waals surface area contributed by atoms with Crippen molar-refractivity contribution in [2.24, 2.45) is 0 Å². The fourth-order valence-electron chi connectivity index (χ4n) is 4.07. The largest absolute Gasteiger partial charge is 0.337 e. The van der Waals surface area contributed by atoms with E-state index in [-0.39, 0.29) is 17.4 Å². The highest BCUT2D eigenvalue weighted by atomic mass is 32.1. The molecule has 28 heavy (non-hydrogen) atoms. The SMILES string of the molecule is CCCn1cnc2sc3c(c2c1=O)CCN(C(=O)[C@H](CC)c1ccccc1)C3. The average molecular weight is 396 g/mol. The number of aromatic nitrogens is 2. The zero-order valence-corrected chi connectivity index (χ0v) is 17.2. The summed E-state index contributed by atoms with van der Waals surface area (Å²) in [5.41, 5.74) is 2.22. The number of carbonyl (C=O) groups is 1. The quantitative estimate of drug-likeness (QED) is 0.657. The van der Waals surface area contributed by atoms with Crippen LogP contribution >= 0.6 is 11.3 Å². The summed E-state index contributed by atoms with van der Waals surface area (Å²) in [6, 6.07) is 10.0. The minimum Gasteiger partial charge on any atom is -0.337 e. The predicted molar refractivity (Wildman–Crippen MR) is 113 cm³/mol.